The smallest absolute Gasteiger partial charge is 0.347 e. The topological polar surface area (TPSA) is 101 Å². The summed E-state index contributed by atoms with van der Waals surface area (Å²) in [6.45, 7) is 1.88. The lowest BCUT2D eigenvalue weighted by molar-refractivity contribution is -0.142. The number of benzene rings is 2. The van der Waals surface area contributed by atoms with Crippen LogP contribution in [0, 0.1) is 12.7 Å². The summed E-state index contributed by atoms with van der Waals surface area (Å²) in [5.74, 6) is -1.45. The van der Waals surface area contributed by atoms with Gasteiger partial charge >= 0.3 is 5.97 Å². The Hall–Kier alpha value is -2.76. The van der Waals surface area contributed by atoms with E-state index in [9.17, 15) is 17.6 Å². The zero-order valence-corrected chi connectivity index (χ0v) is 15.5. The molecule has 3 aromatic rings. The molecule has 0 saturated carbocycles. The number of hydrazine groups is 1. The van der Waals surface area contributed by atoms with Gasteiger partial charge in [0.15, 0.2) is 5.13 Å². The van der Waals surface area contributed by atoms with Gasteiger partial charge in [0.25, 0.3) is 15.4 Å². The van der Waals surface area contributed by atoms with Gasteiger partial charge in [-0.3, -0.25) is 4.72 Å². The normalized spacial score (nSPS) is 17.3. The SMILES string of the molecule is Cc1ccc(N2NOC(=O)C2S(=O)(=O)Nc2nc3cc(F)ccc3s2)cc1. The molecule has 140 valence electrons. The Morgan fingerprint density at radius 1 is 1.26 bits per heavy atom. The molecule has 0 spiro atoms. The number of hydrogen-bond donors (Lipinski definition) is 2. The van der Waals surface area contributed by atoms with E-state index < -0.39 is 27.2 Å². The number of nitrogens with zero attached hydrogens (tertiary/aromatic N) is 2. The standard InChI is InChI=1S/C16H13FN4O4S2/c1-9-2-5-11(6-3-9)21-14(15(22)25-20-21)27(23,24)19-16-18-12-8-10(17)4-7-13(12)26-16/h2-8,14,20H,1H3,(H,18,19). The highest BCUT2D eigenvalue weighted by molar-refractivity contribution is 7.94. The number of thiazole rings is 1. The molecule has 1 fully saturated rings. The highest BCUT2D eigenvalue weighted by Crippen LogP contribution is 2.29. The molecule has 2 aromatic carbocycles. The van der Waals surface area contributed by atoms with Gasteiger partial charge in [-0.1, -0.05) is 34.6 Å². The Balaban J connectivity index is 1.65. The second kappa shape index (κ2) is 6.44. The third kappa shape index (κ3) is 3.31. The molecule has 4 rings (SSSR count). The van der Waals surface area contributed by atoms with Crippen molar-refractivity contribution >= 4 is 48.4 Å². The molecule has 1 aromatic heterocycles. The summed E-state index contributed by atoms with van der Waals surface area (Å²) >= 11 is 1.03. The predicted molar refractivity (Wildman–Crippen MR) is 98.8 cm³/mol. The first kappa shape index (κ1) is 17.6. The Morgan fingerprint density at radius 3 is 2.74 bits per heavy atom. The van der Waals surface area contributed by atoms with Crippen LogP contribution in [0.1, 0.15) is 5.56 Å². The molecule has 8 nitrogen and oxygen atoms in total. The zero-order valence-electron chi connectivity index (χ0n) is 13.8. The Kier molecular flexibility index (Phi) is 4.21. The molecule has 2 heterocycles. The number of carbonyl (C=O) groups excluding carboxylic acids is 1. The molecule has 0 bridgehead atoms. The Bertz CT molecular complexity index is 1130. The molecule has 1 unspecified atom stereocenters. The van der Waals surface area contributed by atoms with Crippen molar-refractivity contribution in [3.63, 3.8) is 0 Å². The third-order valence-corrected chi connectivity index (χ3v) is 6.42. The predicted octanol–water partition coefficient (Wildman–Crippen LogP) is 2.29. The van der Waals surface area contributed by atoms with Crippen LogP contribution < -0.4 is 15.3 Å². The van der Waals surface area contributed by atoms with Gasteiger partial charge in [0.2, 0.25) is 0 Å². The maximum Gasteiger partial charge on any atom is 0.368 e. The lowest BCUT2D eigenvalue weighted by Crippen LogP contribution is -2.46. The van der Waals surface area contributed by atoms with Crippen molar-refractivity contribution in [1.82, 2.24) is 10.6 Å². The van der Waals surface area contributed by atoms with Crippen molar-refractivity contribution in [3.05, 3.63) is 53.8 Å². The van der Waals surface area contributed by atoms with E-state index in [4.69, 9.17) is 4.84 Å². The number of hydrogen-bond acceptors (Lipinski definition) is 8. The monoisotopic (exact) mass is 408 g/mol. The summed E-state index contributed by atoms with van der Waals surface area (Å²) in [6, 6.07) is 10.8. The van der Waals surface area contributed by atoms with Crippen LogP contribution in [0.25, 0.3) is 10.2 Å². The summed E-state index contributed by atoms with van der Waals surface area (Å²) in [5.41, 5.74) is 4.05. The third-order valence-electron chi connectivity index (χ3n) is 3.87. The maximum atomic E-state index is 13.3. The van der Waals surface area contributed by atoms with E-state index in [0.29, 0.717) is 15.9 Å². The number of anilines is 2. The van der Waals surface area contributed by atoms with E-state index in [0.717, 1.165) is 21.9 Å². The summed E-state index contributed by atoms with van der Waals surface area (Å²) in [4.78, 5) is 20.8. The summed E-state index contributed by atoms with van der Waals surface area (Å²) in [7, 11) is -4.23. The number of aryl methyl sites for hydroxylation is 1. The second-order valence-electron chi connectivity index (χ2n) is 5.85. The van der Waals surface area contributed by atoms with E-state index >= 15 is 0 Å². The number of aromatic nitrogens is 1. The van der Waals surface area contributed by atoms with Gasteiger partial charge in [0.05, 0.1) is 15.9 Å². The highest BCUT2D eigenvalue weighted by Gasteiger charge is 2.46. The van der Waals surface area contributed by atoms with E-state index in [1.807, 2.05) is 6.92 Å². The summed E-state index contributed by atoms with van der Waals surface area (Å²) in [6.07, 6.45) is 0. The number of nitrogens with one attached hydrogen (secondary N) is 2. The molecule has 1 aliphatic heterocycles. The summed E-state index contributed by atoms with van der Waals surface area (Å²) < 4.78 is 41.8. The van der Waals surface area contributed by atoms with E-state index in [-0.39, 0.29) is 5.13 Å². The molecule has 11 heteroatoms. The average Bonchev–Trinajstić information content (AvgIpc) is 3.18. The number of halogens is 1. The van der Waals surface area contributed by atoms with Crippen molar-refractivity contribution in [3.8, 4) is 0 Å². The lowest BCUT2D eigenvalue weighted by Gasteiger charge is -2.21. The van der Waals surface area contributed by atoms with Crippen LogP contribution in [0.4, 0.5) is 15.2 Å². The molecule has 1 saturated heterocycles. The fraction of sp³-hybridized carbons (Fsp3) is 0.125. The summed E-state index contributed by atoms with van der Waals surface area (Å²) in [5, 5.41) is -0.514. The number of rotatable bonds is 4. The van der Waals surface area contributed by atoms with E-state index in [1.165, 1.54) is 18.2 Å². The van der Waals surface area contributed by atoms with Crippen LogP contribution in [0.5, 0.6) is 0 Å². The Labute approximate surface area is 157 Å². The van der Waals surface area contributed by atoms with Crippen LogP contribution in [0.2, 0.25) is 0 Å². The first-order valence-corrected chi connectivity index (χ1v) is 10.1. The molecule has 0 aliphatic carbocycles. The van der Waals surface area contributed by atoms with Crippen LogP contribution in [0.15, 0.2) is 42.5 Å². The minimum Gasteiger partial charge on any atom is -0.347 e. The lowest BCUT2D eigenvalue weighted by atomic mass is 10.2. The van der Waals surface area contributed by atoms with Crippen LogP contribution in [0.3, 0.4) is 0 Å². The quantitative estimate of drug-likeness (QED) is 0.683. The first-order chi connectivity index (χ1) is 12.8. The molecule has 1 aliphatic rings. The average molecular weight is 408 g/mol. The molecule has 27 heavy (non-hydrogen) atoms. The number of sulfonamides is 1. The van der Waals surface area contributed by atoms with Crippen molar-refractivity contribution in [1.29, 1.82) is 0 Å². The molecule has 0 amide bonds. The first-order valence-electron chi connectivity index (χ1n) is 7.73. The van der Waals surface area contributed by atoms with Gasteiger partial charge in [-0.15, -0.1) is 0 Å². The van der Waals surface area contributed by atoms with Gasteiger partial charge in [-0.25, -0.2) is 27.6 Å². The number of fused-ring (bicyclic) bond motifs is 1. The highest BCUT2D eigenvalue weighted by atomic mass is 32.2. The van der Waals surface area contributed by atoms with Crippen LogP contribution in [-0.4, -0.2) is 24.7 Å². The number of carbonyl (C=O) groups is 1. The molecule has 2 N–H and O–H groups in total. The van der Waals surface area contributed by atoms with Gasteiger partial charge < -0.3 is 4.84 Å². The molecule has 0 radical (unpaired) electrons. The minimum absolute atomic E-state index is 0.0270. The van der Waals surface area contributed by atoms with Crippen LogP contribution in [-0.2, 0) is 19.7 Å². The van der Waals surface area contributed by atoms with Crippen LogP contribution >= 0.6 is 11.3 Å². The van der Waals surface area contributed by atoms with E-state index in [1.54, 1.807) is 24.3 Å². The van der Waals surface area contributed by atoms with Crippen molar-refractivity contribution in [2.45, 2.75) is 12.3 Å². The second-order valence-corrected chi connectivity index (χ2v) is 8.62. The van der Waals surface area contributed by atoms with Gasteiger partial charge in [0.1, 0.15) is 5.82 Å². The van der Waals surface area contributed by atoms with Crippen molar-refractivity contribution in [2.75, 3.05) is 9.73 Å². The van der Waals surface area contributed by atoms with Gasteiger partial charge in [0, 0.05) is 6.07 Å². The fourth-order valence-corrected chi connectivity index (χ4v) is 4.94. The zero-order chi connectivity index (χ0) is 19.2. The molecular formula is C16H13FN4O4S2. The Morgan fingerprint density at radius 2 is 2.00 bits per heavy atom. The van der Waals surface area contributed by atoms with Crippen molar-refractivity contribution < 1.29 is 22.4 Å². The maximum absolute atomic E-state index is 13.3. The van der Waals surface area contributed by atoms with E-state index in [2.05, 4.69) is 15.3 Å². The fourth-order valence-electron chi connectivity index (χ4n) is 2.58. The van der Waals surface area contributed by atoms with Gasteiger partial charge in [-0.05, 0) is 31.2 Å². The molecule has 1 atom stereocenters. The van der Waals surface area contributed by atoms with Gasteiger partial charge in [-0.2, -0.15) is 0 Å². The molecular weight excluding hydrogens is 395 g/mol. The minimum atomic E-state index is -4.23. The van der Waals surface area contributed by atoms with Crippen molar-refractivity contribution in [2.24, 2.45) is 0 Å². The largest absolute Gasteiger partial charge is 0.368 e.